The SMILES string of the molecule is Cc1nc(NC(=O)N2C[C@@H](F)C[C@H]2C(N)=O)sc1-c1ccnc(C(C)(C)C)n1. The van der Waals surface area contributed by atoms with Gasteiger partial charge in [-0.25, -0.2) is 24.1 Å². The van der Waals surface area contributed by atoms with Crippen molar-refractivity contribution in [2.45, 2.75) is 51.7 Å². The zero-order valence-corrected chi connectivity index (χ0v) is 17.0. The standard InChI is InChI=1S/C18H23FN6O2S/c1-9-13(11-5-6-21-15(23-11)18(2,3)4)28-16(22-9)24-17(27)25-8-10(19)7-12(25)14(20)26/h5-6,10,12H,7-8H2,1-4H3,(H2,20,26)(H,22,24,27)/t10-,12-/m0/s1. The van der Waals surface area contributed by atoms with Crippen molar-refractivity contribution in [2.75, 3.05) is 11.9 Å². The highest BCUT2D eigenvalue weighted by Gasteiger charge is 2.39. The number of aryl methyl sites for hydroxylation is 1. The summed E-state index contributed by atoms with van der Waals surface area (Å²) in [6.45, 7) is 7.74. The summed E-state index contributed by atoms with van der Waals surface area (Å²) >= 11 is 1.26. The van der Waals surface area contributed by atoms with Gasteiger partial charge < -0.3 is 10.6 Å². The normalized spacial score (nSPS) is 19.7. The summed E-state index contributed by atoms with van der Waals surface area (Å²) in [5, 5.41) is 2.99. The van der Waals surface area contributed by atoms with Crippen molar-refractivity contribution in [3.63, 3.8) is 0 Å². The third kappa shape index (κ3) is 4.11. The zero-order chi connectivity index (χ0) is 20.6. The average molecular weight is 406 g/mol. The Morgan fingerprint density at radius 1 is 1.36 bits per heavy atom. The summed E-state index contributed by atoms with van der Waals surface area (Å²) in [5.74, 6) is -0.0132. The van der Waals surface area contributed by atoms with E-state index in [4.69, 9.17) is 5.73 Å². The van der Waals surface area contributed by atoms with Crippen LogP contribution < -0.4 is 11.1 Å². The second kappa shape index (κ2) is 7.42. The summed E-state index contributed by atoms with van der Waals surface area (Å²) in [7, 11) is 0. The number of nitrogens with two attached hydrogens (primary N) is 1. The molecule has 0 unspecified atom stereocenters. The first kappa shape index (κ1) is 20.1. The topological polar surface area (TPSA) is 114 Å². The molecule has 3 rings (SSSR count). The van der Waals surface area contributed by atoms with Crippen LogP contribution in [-0.4, -0.2) is 50.5 Å². The molecule has 1 fully saturated rings. The summed E-state index contributed by atoms with van der Waals surface area (Å²) in [6.07, 6.45) is 0.346. The van der Waals surface area contributed by atoms with Gasteiger partial charge >= 0.3 is 6.03 Å². The van der Waals surface area contributed by atoms with Crippen LogP contribution >= 0.6 is 11.3 Å². The van der Waals surface area contributed by atoms with Crippen molar-refractivity contribution >= 4 is 28.4 Å². The van der Waals surface area contributed by atoms with E-state index in [1.807, 2.05) is 27.7 Å². The van der Waals surface area contributed by atoms with E-state index in [-0.39, 0.29) is 18.4 Å². The Balaban J connectivity index is 1.81. The van der Waals surface area contributed by atoms with Crippen LogP contribution in [0.15, 0.2) is 12.3 Å². The number of rotatable bonds is 3. The van der Waals surface area contributed by atoms with Crippen molar-refractivity contribution in [1.29, 1.82) is 0 Å². The van der Waals surface area contributed by atoms with Crippen LogP contribution in [-0.2, 0) is 10.2 Å². The van der Waals surface area contributed by atoms with Gasteiger partial charge in [0.15, 0.2) is 5.13 Å². The summed E-state index contributed by atoms with van der Waals surface area (Å²) in [4.78, 5) is 39.2. The van der Waals surface area contributed by atoms with E-state index in [0.29, 0.717) is 16.6 Å². The fraction of sp³-hybridized carbons (Fsp3) is 0.500. The van der Waals surface area contributed by atoms with E-state index in [2.05, 4.69) is 20.3 Å². The zero-order valence-electron chi connectivity index (χ0n) is 16.2. The van der Waals surface area contributed by atoms with Crippen LogP contribution in [0.5, 0.6) is 0 Å². The predicted octanol–water partition coefficient (Wildman–Crippen LogP) is 2.64. The molecule has 0 saturated carbocycles. The molecule has 3 heterocycles. The molecule has 2 aromatic rings. The smallest absolute Gasteiger partial charge is 0.324 e. The Hall–Kier alpha value is -2.62. The van der Waals surface area contributed by atoms with Crippen LogP contribution in [0.1, 0.15) is 38.7 Å². The molecule has 1 aliphatic rings. The molecule has 28 heavy (non-hydrogen) atoms. The molecule has 8 nitrogen and oxygen atoms in total. The second-order valence-electron chi connectivity index (χ2n) is 7.78. The maximum absolute atomic E-state index is 13.7. The third-order valence-corrected chi connectivity index (χ3v) is 5.50. The Morgan fingerprint density at radius 2 is 2.07 bits per heavy atom. The maximum Gasteiger partial charge on any atom is 0.324 e. The number of alkyl halides is 1. The van der Waals surface area contributed by atoms with E-state index in [1.54, 1.807) is 12.3 Å². The lowest BCUT2D eigenvalue weighted by Gasteiger charge is -2.21. The summed E-state index contributed by atoms with van der Waals surface area (Å²) < 4.78 is 13.7. The third-order valence-electron chi connectivity index (χ3n) is 4.41. The Bertz CT molecular complexity index is 910. The molecule has 2 aromatic heterocycles. The minimum Gasteiger partial charge on any atom is -0.368 e. The van der Waals surface area contributed by atoms with E-state index in [1.165, 1.54) is 11.3 Å². The fourth-order valence-corrected chi connectivity index (χ4v) is 3.90. The minimum absolute atomic E-state index is 0.0819. The summed E-state index contributed by atoms with van der Waals surface area (Å²) in [6, 6.07) is 0.243. The van der Waals surface area contributed by atoms with Gasteiger partial charge in [0.2, 0.25) is 5.91 Å². The van der Waals surface area contributed by atoms with E-state index >= 15 is 0 Å². The van der Waals surface area contributed by atoms with E-state index in [9.17, 15) is 14.0 Å². The fourth-order valence-electron chi connectivity index (χ4n) is 2.98. The lowest BCUT2D eigenvalue weighted by molar-refractivity contribution is -0.121. The molecule has 0 aliphatic carbocycles. The van der Waals surface area contributed by atoms with Crippen molar-refractivity contribution in [2.24, 2.45) is 5.73 Å². The molecule has 1 aliphatic heterocycles. The molecule has 0 spiro atoms. The highest BCUT2D eigenvalue weighted by Crippen LogP contribution is 2.33. The number of aromatic nitrogens is 3. The molecule has 3 amide bonds. The number of carbonyl (C=O) groups excluding carboxylic acids is 2. The molecule has 0 aromatic carbocycles. The minimum atomic E-state index is -1.27. The van der Waals surface area contributed by atoms with Crippen LogP contribution in [0, 0.1) is 6.92 Å². The van der Waals surface area contributed by atoms with Crippen LogP contribution in [0.4, 0.5) is 14.3 Å². The molecule has 1 saturated heterocycles. The Kier molecular flexibility index (Phi) is 5.33. The number of halogens is 1. The number of nitrogens with one attached hydrogen (secondary N) is 1. The van der Waals surface area contributed by atoms with Crippen molar-refractivity contribution < 1.29 is 14.0 Å². The van der Waals surface area contributed by atoms with Gasteiger partial charge in [-0.3, -0.25) is 10.1 Å². The number of hydrogen-bond donors (Lipinski definition) is 2. The highest BCUT2D eigenvalue weighted by atomic mass is 32.1. The molecule has 10 heteroatoms. The number of carbonyl (C=O) groups is 2. The van der Waals surface area contributed by atoms with Crippen LogP contribution in [0.25, 0.3) is 10.6 Å². The van der Waals surface area contributed by atoms with Crippen molar-refractivity contribution in [3.05, 3.63) is 23.8 Å². The summed E-state index contributed by atoms with van der Waals surface area (Å²) in [5.41, 5.74) is 6.50. The Labute approximate surface area is 166 Å². The van der Waals surface area contributed by atoms with Gasteiger partial charge in [0.25, 0.3) is 0 Å². The number of urea groups is 1. The van der Waals surface area contributed by atoms with Crippen molar-refractivity contribution in [3.8, 4) is 10.6 Å². The molecule has 2 atom stereocenters. The van der Waals surface area contributed by atoms with Crippen molar-refractivity contribution in [1.82, 2.24) is 19.9 Å². The number of amides is 3. The molecule has 0 bridgehead atoms. The van der Waals surface area contributed by atoms with Gasteiger partial charge in [0, 0.05) is 18.0 Å². The van der Waals surface area contributed by atoms with Gasteiger partial charge in [-0.2, -0.15) is 0 Å². The molecule has 3 N–H and O–H groups in total. The lowest BCUT2D eigenvalue weighted by Crippen LogP contribution is -2.45. The first-order valence-electron chi connectivity index (χ1n) is 8.88. The molecular formula is C18H23FN6O2S. The first-order chi connectivity index (χ1) is 13.1. The monoisotopic (exact) mass is 406 g/mol. The number of likely N-dealkylation sites (tertiary alicyclic amines) is 1. The van der Waals surface area contributed by atoms with Crippen LogP contribution in [0.3, 0.4) is 0 Å². The molecule has 0 radical (unpaired) electrons. The van der Waals surface area contributed by atoms with Gasteiger partial charge in [0.05, 0.1) is 22.8 Å². The number of hydrogen-bond acceptors (Lipinski definition) is 6. The first-order valence-corrected chi connectivity index (χ1v) is 9.70. The predicted molar refractivity (Wildman–Crippen MR) is 105 cm³/mol. The molecular weight excluding hydrogens is 383 g/mol. The number of nitrogens with zero attached hydrogens (tertiary/aromatic N) is 4. The largest absolute Gasteiger partial charge is 0.368 e. The van der Waals surface area contributed by atoms with Gasteiger partial charge in [-0.1, -0.05) is 32.1 Å². The number of primary amides is 1. The van der Waals surface area contributed by atoms with E-state index < -0.39 is 24.2 Å². The van der Waals surface area contributed by atoms with Gasteiger partial charge in [-0.05, 0) is 13.0 Å². The van der Waals surface area contributed by atoms with Gasteiger partial charge in [-0.15, -0.1) is 0 Å². The molecule has 150 valence electrons. The lowest BCUT2D eigenvalue weighted by atomic mass is 9.95. The number of thiazole rings is 1. The number of anilines is 1. The quantitative estimate of drug-likeness (QED) is 0.813. The van der Waals surface area contributed by atoms with E-state index in [0.717, 1.165) is 15.5 Å². The Morgan fingerprint density at radius 3 is 2.71 bits per heavy atom. The van der Waals surface area contributed by atoms with Gasteiger partial charge in [0.1, 0.15) is 18.0 Å². The average Bonchev–Trinajstić information content (AvgIpc) is 3.17. The van der Waals surface area contributed by atoms with Crippen LogP contribution in [0.2, 0.25) is 0 Å². The highest BCUT2D eigenvalue weighted by molar-refractivity contribution is 7.19. The maximum atomic E-state index is 13.7. The second-order valence-corrected chi connectivity index (χ2v) is 8.78.